The van der Waals surface area contributed by atoms with E-state index >= 15 is 0 Å². The molecular weight excluding hydrogens is 514 g/mol. The molecule has 0 aromatic heterocycles. The van der Waals surface area contributed by atoms with Gasteiger partial charge in [-0.25, -0.2) is 0 Å². The Hall–Kier alpha value is 0.150. The van der Waals surface area contributed by atoms with E-state index < -0.39 is 19.1 Å². The van der Waals surface area contributed by atoms with Crippen LogP contribution in [0.2, 0.25) is 3.17 Å². The van der Waals surface area contributed by atoms with Gasteiger partial charge in [-0.15, -0.1) is 0 Å². The Morgan fingerprint density at radius 3 is 2.32 bits per heavy atom. The van der Waals surface area contributed by atoms with Crippen LogP contribution >= 0.6 is 17.2 Å². The number of rotatable bonds is 2. The second-order valence-electron chi connectivity index (χ2n) is 8.40. The fraction of sp³-hybridized carbons (Fsp3) is 0.545. The second-order valence-corrected chi connectivity index (χ2v) is 20.7. The average molecular weight is 543 g/mol. The Morgan fingerprint density at radius 2 is 1.80 bits per heavy atom. The minimum absolute atomic E-state index is 0.0688. The molecule has 0 heterocycles. The molecule has 25 heavy (non-hydrogen) atoms. The molecule has 0 fully saturated rings. The van der Waals surface area contributed by atoms with Crippen molar-refractivity contribution in [3.63, 3.8) is 0 Å². The van der Waals surface area contributed by atoms with Crippen LogP contribution in [-0.2, 0) is 19.1 Å². The predicted octanol–water partition coefficient (Wildman–Crippen LogP) is 8.15. The molecule has 0 saturated carbocycles. The van der Waals surface area contributed by atoms with Gasteiger partial charge in [-0.3, -0.25) is 0 Å². The van der Waals surface area contributed by atoms with Crippen molar-refractivity contribution in [2.24, 2.45) is 5.41 Å². The van der Waals surface area contributed by atoms with Crippen molar-refractivity contribution < 1.29 is 19.1 Å². The molecule has 0 radical (unpaired) electrons. The van der Waals surface area contributed by atoms with Crippen molar-refractivity contribution in [3.8, 4) is 0 Å². The molecule has 0 N–H and O–H groups in total. The van der Waals surface area contributed by atoms with Crippen LogP contribution in [0, 0.1) is 5.41 Å². The summed E-state index contributed by atoms with van der Waals surface area (Å²) in [7, 11) is 14.0. The fourth-order valence-electron chi connectivity index (χ4n) is 5.58. The summed E-state index contributed by atoms with van der Waals surface area (Å²) in [5, 5.41) is 0. The summed E-state index contributed by atoms with van der Waals surface area (Å²) in [5.41, 5.74) is 10.6. The summed E-state index contributed by atoms with van der Waals surface area (Å²) in [6.45, 7) is 14.0. The van der Waals surface area contributed by atoms with Gasteiger partial charge in [-0.05, 0) is 0 Å². The quantitative estimate of drug-likeness (QED) is 0.244. The first-order valence-electron chi connectivity index (χ1n) is 9.30. The third-order valence-electron chi connectivity index (χ3n) is 6.63. The van der Waals surface area contributed by atoms with E-state index in [1.807, 2.05) is 0 Å². The van der Waals surface area contributed by atoms with Gasteiger partial charge in [-0.2, -0.15) is 0 Å². The van der Waals surface area contributed by atoms with Gasteiger partial charge in [0.1, 0.15) is 0 Å². The molecule has 3 aliphatic rings. The molecule has 0 nitrogen and oxygen atoms in total. The molecule has 0 amide bonds. The van der Waals surface area contributed by atoms with Crippen LogP contribution < -0.4 is 0 Å². The van der Waals surface area contributed by atoms with Crippen LogP contribution in [0.3, 0.4) is 0 Å². The molecule has 0 aliphatic heterocycles. The van der Waals surface area contributed by atoms with Gasteiger partial charge < -0.3 is 0 Å². The molecule has 1 unspecified atom stereocenters. The van der Waals surface area contributed by atoms with Gasteiger partial charge in [0.25, 0.3) is 0 Å². The zero-order valence-corrected chi connectivity index (χ0v) is 21.4. The first-order chi connectivity index (χ1) is 11.7. The van der Waals surface area contributed by atoms with Crippen molar-refractivity contribution in [1.29, 1.82) is 0 Å². The molecule has 0 spiro atoms. The number of halogens is 2. The third kappa shape index (κ3) is 2.79. The van der Waals surface area contributed by atoms with Crippen molar-refractivity contribution in [1.82, 2.24) is 0 Å². The van der Waals surface area contributed by atoms with Gasteiger partial charge in [-0.1, -0.05) is 0 Å². The summed E-state index contributed by atoms with van der Waals surface area (Å²) >= 11 is -2.86. The molecule has 0 bridgehead atoms. The van der Waals surface area contributed by atoms with E-state index in [9.17, 15) is 0 Å². The SMILES string of the molecule is CC(C)=C1CCCC2=C(C(C)=C(C)[C]2(C2=CC=CC2)[Hf]([Cl])[Cl])C1(C)C. The fourth-order valence-corrected chi connectivity index (χ4v) is 16.7. The van der Waals surface area contributed by atoms with Crippen molar-refractivity contribution in [2.75, 3.05) is 0 Å². The second kappa shape index (κ2) is 6.95. The summed E-state index contributed by atoms with van der Waals surface area (Å²) in [5.74, 6) is 0. The first-order valence-corrected chi connectivity index (χ1v) is 20.0. The third-order valence-corrected chi connectivity index (χ3v) is 16.9. The average Bonchev–Trinajstić information content (AvgIpc) is 3.07. The maximum absolute atomic E-state index is 6.98. The molecule has 3 rings (SSSR count). The molecular formula is C22H29Cl2Hf. The van der Waals surface area contributed by atoms with Crippen molar-refractivity contribution in [3.05, 3.63) is 57.2 Å². The summed E-state index contributed by atoms with van der Waals surface area (Å²) in [4.78, 5) is 0. The molecule has 0 aromatic carbocycles. The Morgan fingerprint density at radius 1 is 1.12 bits per heavy atom. The molecule has 3 aliphatic carbocycles. The van der Waals surface area contributed by atoms with Gasteiger partial charge >= 0.3 is 169 Å². The monoisotopic (exact) mass is 543 g/mol. The van der Waals surface area contributed by atoms with Crippen LogP contribution in [0.15, 0.2) is 57.2 Å². The van der Waals surface area contributed by atoms with E-state index in [-0.39, 0.29) is 8.59 Å². The van der Waals surface area contributed by atoms with E-state index in [1.54, 1.807) is 16.7 Å². The van der Waals surface area contributed by atoms with Crippen molar-refractivity contribution in [2.45, 2.75) is 70.4 Å². The van der Waals surface area contributed by atoms with Crippen LogP contribution in [0.1, 0.15) is 67.2 Å². The molecule has 135 valence electrons. The number of allylic oxidation sites excluding steroid dienone is 10. The number of hydrogen-bond donors (Lipinski definition) is 0. The van der Waals surface area contributed by atoms with Gasteiger partial charge in [0.05, 0.1) is 0 Å². The molecule has 1 atom stereocenters. The van der Waals surface area contributed by atoms with Crippen LogP contribution in [0.25, 0.3) is 0 Å². The van der Waals surface area contributed by atoms with Crippen LogP contribution in [-0.4, -0.2) is 0 Å². The van der Waals surface area contributed by atoms with Crippen LogP contribution in [0.5, 0.6) is 0 Å². The minimum atomic E-state index is -2.86. The van der Waals surface area contributed by atoms with Crippen LogP contribution in [0.4, 0.5) is 0 Å². The van der Waals surface area contributed by atoms with E-state index in [0.717, 1.165) is 12.8 Å². The molecule has 0 aromatic rings. The molecule has 3 heteroatoms. The summed E-state index contributed by atoms with van der Waals surface area (Å²) < 4.78 is -0.106. The maximum atomic E-state index is 6.98. The normalized spacial score (nSPS) is 28.3. The van der Waals surface area contributed by atoms with Crippen molar-refractivity contribution >= 4 is 17.2 Å². The Kier molecular flexibility index (Phi) is 5.53. The standard InChI is InChI=1S/C22H29.2ClH.Hf/c1-14(2)19-13-9-12-18-20(17-10-7-8-11-17)15(3)16(4)21(18)22(19,5)6;;;/h7-8,10H,9,11-13H2,1-6H3;2*1H;/q;;;+2/p-2. The van der Waals surface area contributed by atoms with E-state index in [0.29, 0.717) is 0 Å². The van der Waals surface area contributed by atoms with E-state index in [2.05, 4.69) is 59.8 Å². The Bertz CT molecular complexity index is 755. The predicted molar refractivity (Wildman–Crippen MR) is 108 cm³/mol. The molecule has 0 saturated heterocycles. The Balaban J connectivity index is 2.33. The summed E-state index contributed by atoms with van der Waals surface area (Å²) in [6.07, 6.45) is 11.3. The van der Waals surface area contributed by atoms with Gasteiger partial charge in [0.15, 0.2) is 0 Å². The summed E-state index contributed by atoms with van der Waals surface area (Å²) in [6, 6.07) is 0. The van der Waals surface area contributed by atoms with E-state index in [4.69, 9.17) is 17.2 Å². The van der Waals surface area contributed by atoms with Gasteiger partial charge in [0, 0.05) is 0 Å². The zero-order chi connectivity index (χ0) is 18.6. The first kappa shape index (κ1) is 19.9. The number of hydrogen-bond acceptors (Lipinski definition) is 0. The van der Waals surface area contributed by atoms with E-state index in [1.165, 1.54) is 35.1 Å². The zero-order valence-electron chi connectivity index (χ0n) is 16.3. The Labute approximate surface area is 168 Å². The topological polar surface area (TPSA) is 0 Å². The van der Waals surface area contributed by atoms with Gasteiger partial charge in [0.2, 0.25) is 0 Å².